The molecule has 0 aliphatic heterocycles. The SMILES string of the molecule is C=C[C@@H]1CCC[C@H]1/C=C(\C[Si](C)(C)C)C(=O)OCC. The minimum Gasteiger partial charge on any atom is -0.463 e. The average molecular weight is 280 g/mol. The molecule has 0 aromatic rings. The molecule has 0 unspecified atom stereocenters. The number of allylic oxidation sites excluding steroid dienone is 2. The van der Waals surface area contributed by atoms with Crippen LogP contribution in [0.4, 0.5) is 0 Å². The second kappa shape index (κ2) is 7.08. The lowest BCUT2D eigenvalue weighted by Gasteiger charge is -2.20. The maximum Gasteiger partial charge on any atom is 0.333 e. The molecule has 1 aliphatic rings. The van der Waals surface area contributed by atoms with Gasteiger partial charge in [-0.25, -0.2) is 4.79 Å². The van der Waals surface area contributed by atoms with Crippen LogP contribution in [0.25, 0.3) is 0 Å². The highest BCUT2D eigenvalue weighted by Gasteiger charge is 2.27. The van der Waals surface area contributed by atoms with Gasteiger partial charge in [-0.3, -0.25) is 0 Å². The third-order valence-electron chi connectivity index (χ3n) is 3.60. The Balaban J connectivity index is 2.88. The van der Waals surface area contributed by atoms with Gasteiger partial charge in [0.25, 0.3) is 0 Å². The van der Waals surface area contributed by atoms with Crippen molar-refractivity contribution in [2.75, 3.05) is 6.61 Å². The van der Waals surface area contributed by atoms with Gasteiger partial charge in [0.05, 0.1) is 6.61 Å². The highest BCUT2D eigenvalue weighted by molar-refractivity contribution is 6.77. The van der Waals surface area contributed by atoms with Crippen LogP contribution in [0.1, 0.15) is 26.2 Å². The van der Waals surface area contributed by atoms with Crippen molar-refractivity contribution in [3.05, 3.63) is 24.3 Å². The minimum atomic E-state index is -1.31. The largest absolute Gasteiger partial charge is 0.463 e. The Bertz CT molecular complexity index is 352. The first kappa shape index (κ1) is 16.2. The van der Waals surface area contributed by atoms with Crippen LogP contribution >= 0.6 is 0 Å². The smallest absolute Gasteiger partial charge is 0.333 e. The van der Waals surface area contributed by atoms with Crippen molar-refractivity contribution in [2.24, 2.45) is 11.8 Å². The van der Waals surface area contributed by atoms with Crippen LogP contribution in [0.2, 0.25) is 25.7 Å². The van der Waals surface area contributed by atoms with Gasteiger partial charge in [-0.15, -0.1) is 6.58 Å². The number of hydrogen-bond donors (Lipinski definition) is 0. The van der Waals surface area contributed by atoms with E-state index in [-0.39, 0.29) is 5.97 Å². The lowest BCUT2D eigenvalue weighted by molar-refractivity contribution is -0.138. The summed E-state index contributed by atoms with van der Waals surface area (Å²) in [6.07, 6.45) is 7.85. The Kier molecular flexibility index (Phi) is 6.05. The van der Waals surface area contributed by atoms with Crippen molar-refractivity contribution >= 4 is 14.0 Å². The summed E-state index contributed by atoms with van der Waals surface area (Å²) in [5.41, 5.74) is 0.903. The highest BCUT2D eigenvalue weighted by Crippen LogP contribution is 2.35. The second-order valence-electron chi connectivity index (χ2n) is 6.64. The van der Waals surface area contributed by atoms with E-state index in [4.69, 9.17) is 4.74 Å². The van der Waals surface area contributed by atoms with E-state index < -0.39 is 8.07 Å². The molecule has 1 rings (SSSR count). The zero-order valence-corrected chi connectivity index (χ0v) is 13.9. The predicted molar refractivity (Wildman–Crippen MR) is 83.9 cm³/mol. The standard InChI is InChI=1S/C16H28O2Si/c1-6-13-9-8-10-14(13)11-15(12-19(3,4)5)16(17)18-7-2/h6,11,13-14H,1,7-10,12H2,2-5H3/b15-11+/t13-,14+/m1/s1. The lowest BCUT2D eigenvalue weighted by Crippen LogP contribution is -2.24. The van der Waals surface area contributed by atoms with Gasteiger partial charge in [-0.1, -0.05) is 38.2 Å². The monoisotopic (exact) mass is 280 g/mol. The molecule has 0 spiro atoms. The molecule has 2 atom stereocenters. The Morgan fingerprint density at radius 3 is 2.47 bits per heavy atom. The van der Waals surface area contributed by atoms with Crippen LogP contribution in [0.15, 0.2) is 24.3 Å². The maximum absolute atomic E-state index is 12.1. The van der Waals surface area contributed by atoms with E-state index in [9.17, 15) is 4.79 Å². The van der Waals surface area contributed by atoms with Crippen molar-refractivity contribution in [1.82, 2.24) is 0 Å². The Hall–Kier alpha value is -0.833. The van der Waals surface area contributed by atoms with E-state index in [2.05, 4.69) is 32.3 Å². The number of rotatable bonds is 6. The predicted octanol–water partition coefficient (Wildman–Crippen LogP) is 4.42. The number of hydrogen-bond acceptors (Lipinski definition) is 2. The molecule has 0 aromatic heterocycles. The molecule has 3 heteroatoms. The van der Waals surface area contributed by atoms with Crippen LogP contribution < -0.4 is 0 Å². The zero-order valence-electron chi connectivity index (χ0n) is 12.9. The minimum absolute atomic E-state index is 0.111. The fraction of sp³-hybridized carbons (Fsp3) is 0.688. The van der Waals surface area contributed by atoms with Gasteiger partial charge < -0.3 is 4.74 Å². The van der Waals surface area contributed by atoms with E-state index in [1.165, 1.54) is 19.3 Å². The first-order valence-electron chi connectivity index (χ1n) is 7.37. The first-order valence-corrected chi connectivity index (χ1v) is 11.1. The van der Waals surface area contributed by atoms with E-state index in [0.29, 0.717) is 18.4 Å². The van der Waals surface area contributed by atoms with Crippen LogP contribution in [-0.2, 0) is 9.53 Å². The molecule has 0 saturated heterocycles. The molecule has 1 fully saturated rings. The van der Waals surface area contributed by atoms with Crippen molar-refractivity contribution in [2.45, 2.75) is 51.9 Å². The van der Waals surface area contributed by atoms with Gasteiger partial charge in [0.15, 0.2) is 0 Å². The van der Waals surface area contributed by atoms with Crippen LogP contribution in [0.5, 0.6) is 0 Å². The molecule has 0 bridgehead atoms. The molecule has 2 nitrogen and oxygen atoms in total. The Morgan fingerprint density at radius 2 is 1.95 bits per heavy atom. The molecular weight excluding hydrogens is 252 g/mol. The molecule has 108 valence electrons. The summed E-state index contributed by atoms with van der Waals surface area (Å²) in [6.45, 7) is 13.1. The number of carbonyl (C=O) groups excluding carboxylic acids is 1. The molecule has 0 aromatic carbocycles. The summed E-state index contributed by atoms with van der Waals surface area (Å²) in [7, 11) is -1.31. The summed E-state index contributed by atoms with van der Waals surface area (Å²) < 4.78 is 5.22. The van der Waals surface area contributed by atoms with Crippen molar-refractivity contribution in [3.63, 3.8) is 0 Å². The van der Waals surface area contributed by atoms with E-state index in [1.807, 2.05) is 13.0 Å². The summed E-state index contributed by atoms with van der Waals surface area (Å²) >= 11 is 0. The quantitative estimate of drug-likeness (QED) is 0.312. The molecule has 0 N–H and O–H groups in total. The first-order chi connectivity index (χ1) is 8.87. The maximum atomic E-state index is 12.1. The summed E-state index contributed by atoms with van der Waals surface area (Å²) in [5.74, 6) is 0.902. The Labute approximate surface area is 118 Å². The lowest BCUT2D eigenvalue weighted by atomic mass is 9.94. The van der Waals surface area contributed by atoms with E-state index in [1.54, 1.807) is 0 Å². The molecule has 19 heavy (non-hydrogen) atoms. The van der Waals surface area contributed by atoms with E-state index >= 15 is 0 Å². The number of esters is 1. The van der Waals surface area contributed by atoms with Gasteiger partial charge >= 0.3 is 5.97 Å². The normalized spacial score (nSPS) is 24.3. The van der Waals surface area contributed by atoms with Crippen LogP contribution in [0, 0.1) is 11.8 Å². The number of carbonyl (C=O) groups is 1. The number of ether oxygens (including phenoxy) is 1. The zero-order chi connectivity index (χ0) is 14.5. The third kappa shape index (κ3) is 5.35. The fourth-order valence-electron chi connectivity index (χ4n) is 2.77. The fourth-order valence-corrected chi connectivity index (χ4v) is 4.17. The highest BCUT2D eigenvalue weighted by atomic mass is 28.3. The van der Waals surface area contributed by atoms with Crippen molar-refractivity contribution in [1.29, 1.82) is 0 Å². The van der Waals surface area contributed by atoms with Crippen LogP contribution in [-0.4, -0.2) is 20.7 Å². The van der Waals surface area contributed by atoms with Gasteiger partial charge in [0, 0.05) is 13.6 Å². The second-order valence-corrected chi connectivity index (χ2v) is 12.1. The van der Waals surface area contributed by atoms with Crippen molar-refractivity contribution < 1.29 is 9.53 Å². The summed E-state index contributed by atoms with van der Waals surface area (Å²) in [4.78, 5) is 12.1. The van der Waals surface area contributed by atoms with E-state index in [0.717, 1.165) is 11.6 Å². The topological polar surface area (TPSA) is 26.3 Å². The summed E-state index contributed by atoms with van der Waals surface area (Å²) in [6, 6.07) is 0.909. The molecule has 0 amide bonds. The van der Waals surface area contributed by atoms with Gasteiger partial charge in [0.2, 0.25) is 0 Å². The van der Waals surface area contributed by atoms with Crippen molar-refractivity contribution in [3.8, 4) is 0 Å². The molecular formula is C16H28O2Si. The third-order valence-corrected chi connectivity index (χ3v) is 5.04. The summed E-state index contributed by atoms with van der Waals surface area (Å²) in [5, 5.41) is 0. The van der Waals surface area contributed by atoms with Gasteiger partial charge in [-0.05, 0) is 37.6 Å². The average Bonchev–Trinajstić information content (AvgIpc) is 2.74. The molecule has 1 saturated carbocycles. The Morgan fingerprint density at radius 1 is 1.32 bits per heavy atom. The molecule has 1 aliphatic carbocycles. The molecule has 0 heterocycles. The van der Waals surface area contributed by atoms with Crippen LogP contribution in [0.3, 0.4) is 0 Å². The van der Waals surface area contributed by atoms with Gasteiger partial charge in [0.1, 0.15) is 0 Å². The van der Waals surface area contributed by atoms with Gasteiger partial charge in [-0.2, -0.15) is 0 Å². The molecule has 0 radical (unpaired) electrons.